The molecular formula is C16H10N2O3S2. The summed E-state index contributed by atoms with van der Waals surface area (Å²) in [7, 11) is 0. The molecule has 0 aliphatic carbocycles. The van der Waals surface area contributed by atoms with Crippen molar-refractivity contribution in [1.29, 1.82) is 0 Å². The normalized spacial score (nSPS) is 11.3. The maximum absolute atomic E-state index is 11.7. The Bertz CT molecular complexity index is 1070. The summed E-state index contributed by atoms with van der Waals surface area (Å²) < 4.78 is 6.19. The number of thioether (sulfide) groups is 1. The monoisotopic (exact) mass is 342 g/mol. The Morgan fingerprint density at radius 2 is 2.13 bits per heavy atom. The zero-order chi connectivity index (χ0) is 15.8. The van der Waals surface area contributed by atoms with E-state index in [4.69, 9.17) is 4.42 Å². The van der Waals surface area contributed by atoms with Crippen molar-refractivity contribution >= 4 is 44.3 Å². The number of hydrogen-bond acceptors (Lipinski definition) is 7. The van der Waals surface area contributed by atoms with E-state index in [1.54, 1.807) is 41.6 Å². The van der Waals surface area contributed by atoms with Gasteiger partial charge in [0, 0.05) is 23.3 Å². The van der Waals surface area contributed by atoms with E-state index >= 15 is 0 Å². The molecule has 0 unspecified atom stereocenters. The van der Waals surface area contributed by atoms with Crippen LogP contribution < -0.4 is 5.63 Å². The Kier molecular flexibility index (Phi) is 3.51. The molecule has 23 heavy (non-hydrogen) atoms. The van der Waals surface area contributed by atoms with Crippen LogP contribution in [-0.2, 0) is 5.75 Å². The largest absolute Gasteiger partial charge is 0.508 e. The Morgan fingerprint density at radius 3 is 3.04 bits per heavy atom. The molecule has 0 saturated carbocycles. The van der Waals surface area contributed by atoms with E-state index in [9.17, 15) is 9.90 Å². The number of rotatable bonds is 3. The van der Waals surface area contributed by atoms with Gasteiger partial charge in [-0.2, -0.15) is 0 Å². The first-order valence-electron chi connectivity index (χ1n) is 6.77. The Labute approximate surface area is 138 Å². The molecule has 5 nitrogen and oxygen atoms in total. The minimum Gasteiger partial charge on any atom is -0.508 e. The molecule has 0 saturated heterocycles. The van der Waals surface area contributed by atoms with Crippen LogP contribution in [0.1, 0.15) is 5.56 Å². The number of hydrogen-bond donors (Lipinski definition) is 1. The molecule has 3 aromatic heterocycles. The maximum Gasteiger partial charge on any atom is 0.336 e. The predicted octanol–water partition coefficient (Wildman–Crippen LogP) is 3.80. The van der Waals surface area contributed by atoms with Gasteiger partial charge in [0.15, 0.2) is 0 Å². The molecule has 0 radical (unpaired) electrons. The highest BCUT2D eigenvalue weighted by Crippen LogP contribution is 2.32. The maximum atomic E-state index is 11.7. The number of thiophene rings is 1. The molecule has 0 amide bonds. The van der Waals surface area contributed by atoms with Crippen molar-refractivity contribution in [1.82, 2.24) is 9.97 Å². The summed E-state index contributed by atoms with van der Waals surface area (Å²) in [4.78, 5) is 20.3. The molecule has 0 aliphatic heterocycles. The van der Waals surface area contributed by atoms with Crippen molar-refractivity contribution < 1.29 is 9.52 Å². The van der Waals surface area contributed by atoms with Gasteiger partial charge in [-0.05, 0) is 29.1 Å². The van der Waals surface area contributed by atoms with Crippen LogP contribution in [0.5, 0.6) is 5.75 Å². The highest BCUT2D eigenvalue weighted by molar-refractivity contribution is 7.98. The molecule has 0 fully saturated rings. The van der Waals surface area contributed by atoms with Crippen LogP contribution in [0.2, 0.25) is 0 Å². The summed E-state index contributed by atoms with van der Waals surface area (Å²) in [5, 5.41) is 13.2. The van der Waals surface area contributed by atoms with E-state index in [0.29, 0.717) is 11.3 Å². The fourth-order valence-corrected chi connectivity index (χ4v) is 4.29. The first-order valence-corrected chi connectivity index (χ1v) is 8.64. The summed E-state index contributed by atoms with van der Waals surface area (Å²) >= 11 is 3.15. The Hall–Kier alpha value is -2.38. The lowest BCUT2D eigenvalue weighted by atomic mass is 10.1. The minimum absolute atomic E-state index is 0.0709. The summed E-state index contributed by atoms with van der Waals surface area (Å²) in [6, 6.07) is 8.23. The third-order valence-corrected chi connectivity index (χ3v) is 5.47. The second-order valence-electron chi connectivity index (χ2n) is 4.87. The lowest BCUT2D eigenvalue weighted by Gasteiger charge is -2.06. The molecule has 0 spiro atoms. The van der Waals surface area contributed by atoms with Crippen molar-refractivity contribution in [2.75, 3.05) is 0 Å². The van der Waals surface area contributed by atoms with E-state index in [1.165, 1.54) is 12.1 Å². The van der Waals surface area contributed by atoms with E-state index in [0.717, 1.165) is 26.2 Å². The van der Waals surface area contributed by atoms with E-state index < -0.39 is 5.63 Å². The molecule has 0 aliphatic rings. The fraction of sp³-hybridized carbons (Fsp3) is 0.0625. The van der Waals surface area contributed by atoms with Gasteiger partial charge in [-0.1, -0.05) is 0 Å². The molecule has 1 N–H and O–H groups in total. The Morgan fingerprint density at radius 1 is 1.22 bits per heavy atom. The van der Waals surface area contributed by atoms with Crippen molar-refractivity contribution in [2.45, 2.75) is 10.8 Å². The van der Waals surface area contributed by atoms with Gasteiger partial charge in [-0.15, -0.1) is 23.1 Å². The number of aromatic hydroxyl groups is 1. The van der Waals surface area contributed by atoms with Gasteiger partial charge in [0.1, 0.15) is 22.7 Å². The SMILES string of the molecule is O=c1cc(CSc2ncnc3ccsc23)c2ccc(O)cc2o1. The average molecular weight is 342 g/mol. The minimum atomic E-state index is -0.428. The van der Waals surface area contributed by atoms with Gasteiger partial charge >= 0.3 is 5.63 Å². The van der Waals surface area contributed by atoms with Crippen LogP contribution in [0.4, 0.5) is 0 Å². The zero-order valence-corrected chi connectivity index (χ0v) is 13.4. The molecule has 114 valence electrons. The molecular weight excluding hydrogens is 332 g/mol. The highest BCUT2D eigenvalue weighted by Gasteiger charge is 2.10. The third-order valence-electron chi connectivity index (χ3n) is 3.39. The van der Waals surface area contributed by atoms with Crippen LogP contribution in [0.25, 0.3) is 21.2 Å². The van der Waals surface area contributed by atoms with Crippen LogP contribution >= 0.6 is 23.1 Å². The number of phenols is 1. The van der Waals surface area contributed by atoms with E-state index in [1.807, 2.05) is 11.4 Å². The number of aromatic nitrogens is 2. The van der Waals surface area contributed by atoms with Gasteiger partial charge in [-0.25, -0.2) is 14.8 Å². The Balaban J connectivity index is 1.73. The average Bonchev–Trinajstić information content (AvgIpc) is 3.01. The van der Waals surface area contributed by atoms with Crippen LogP contribution in [0.15, 0.2) is 56.3 Å². The third kappa shape index (κ3) is 2.69. The topological polar surface area (TPSA) is 76.2 Å². The standard InChI is InChI=1S/C16H10N2O3S2/c19-10-1-2-11-9(5-14(20)21-13(11)6-10)7-23-16-15-12(3-4-22-15)17-8-18-16/h1-6,8,19H,7H2. The second-order valence-corrected chi connectivity index (χ2v) is 6.75. The fourth-order valence-electron chi connectivity index (χ4n) is 2.35. The van der Waals surface area contributed by atoms with Gasteiger partial charge < -0.3 is 9.52 Å². The van der Waals surface area contributed by atoms with Crippen molar-refractivity contribution in [3.8, 4) is 5.75 Å². The van der Waals surface area contributed by atoms with Crippen molar-refractivity contribution in [3.63, 3.8) is 0 Å². The summed E-state index contributed by atoms with van der Waals surface area (Å²) in [5.74, 6) is 0.651. The van der Waals surface area contributed by atoms with E-state index in [-0.39, 0.29) is 5.75 Å². The molecule has 4 rings (SSSR count). The first kappa shape index (κ1) is 14.2. The van der Waals surface area contributed by atoms with Crippen molar-refractivity contribution in [2.24, 2.45) is 0 Å². The molecule has 0 atom stereocenters. The van der Waals surface area contributed by atoms with Gasteiger partial charge in [-0.3, -0.25) is 0 Å². The second kappa shape index (κ2) is 5.68. The number of phenolic OH excluding ortho intramolecular Hbond substituents is 1. The van der Waals surface area contributed by atoms with Gasteiger partial charge in [0.2, 0.25) is 0 Å². The number of fused-ring (bicyclic) bond motifs is 2. The smallest absolute Gasteiger partial charge is 0.336 e. The lowest BCUT2D eigenvalue weighted by Crippen LogP contribution is -1.99. The number of benzene rings is 1. The molecule has 4 aromatic rings. The van der Waals surface area contributed by atoms with Crippen LogP contribution in [0.3, 0.4) is 0 Å². The molecule has 3 heterocycles. The molecule has 1 aromatic carbocycles. The van der Waals surface area contributed by atoms with Crippen molar-refractivity contribution in [3.05, 3.63) is 58.0 Å². The predicted molar refractivity (Wildman–Crippen MR) is 91.1 cm³/mol. The van der Waals surface area contributed by atoms with Crippen LogP contribution in [-0.4, -0.2) is 15.1 Å². The first-order chi connectivity index (χ1) is 11.2. The van der Waals surface area contributed by atoms with Crippen LogP contribution in [0, 0.1) is 0 Å². The molecule has 0 bridgehead atoms. The van der Waals surface area contributed by atoms with E-state index in [2.05, 4.69) is 9.97 Å². The lowest BCUT2D eigenvalue weighted by molar-refractivity contribution is 0.473. The highest BCUT2D eigenvalue weighted by atomic mass is 32.2. The van der Waals surface area contributed by atoms with Gasteiger partial charge in [0.05, 0.1) is 10.2 Å². The summed E-state index contributed by atoms with van der Waals surface area (Å²) in [6.07, 6.45) is 1.55. The van der Waals surface area contributed by atoms with Gasteiger partial charge in [0.25, 0.3) is 0 Å². The molecule has 7 heteroatoms. The summed E-state index contributed by atoms with van der Waals surface area (Å²) in [6.45, 7) is 0. The number of nitrogens with zero attached hydrogens (tertiary/aromatic N) is 2. The summed E-state index contributed by atoms with van der Waals surface area (Å²) in [5.41, 5.74) is 1.74. The zero-order valence-electron chi connectivity index (χ0n) is 11.7. The quantitative estimate of drug-likeness (QED) is 0.347.